The summed E-state index contributed by atoms with van der Waals surface area (Å²) in [5.74, 6) is 0.889. The number of rotatable bonds is 12. The van der Waals surface area contributed by atoms with Gasteiger partial charge in [0.05, 0.1) is 10.7 Å². The summed E-state index contributed by atoms with van der Waals surface area (Å²) >= 11 is 17.4. The van der Waals surface area contributed by atoms with Crippen LogP contribution in [0.4, 0.5) is 5.69 Å². The van der Waals surface area contributed by atoms with E-state index in [1.165, 1.54) is 0 Å². The summed E-state index contributed by atoms with van der Waals surface area (Å²) in [6.45, 7) is 34.8. The molecule has 0 aliphatic rings. The van der Waals surface area contributed by atoms with Gasteiger partial charge in [0.2, 0.25) is 0 Å². The van der Waals surface area contributed by atoms with Gasteiger partial charge in [0.25, 0.3) is 5.91 Å². The van der Waals surface area contributed by atoms with Gasteiger partial charge in [-0.05, 0) is 350 Å². The number of esters is 5. The van der Waals surface area contributed by atoms with Crippen LogP contribution in [0.1, 0.15) is 52.7 Å². The third kappa shape index (κ3) is 31.5. The van der Waals surface area contributed by atoms with Crippen LogP contribution in [0.15, 0.2) is 194 Å². The molecule has 0 aromatic heterocycles. The molecule has 0 aliphatic carbocycles. The Morgan fingerprint density at radius 2 is 0.744 bits per heavy atom. The predicted octanol–water partition coefficient (Wildman–Crippen LogP) is 18.5. The molecule has 0 bridgehead atoms. The van der Waals surface area contributed by atoms with E-state index in [0.29, 0.717) is 62.2 Å². The van der Waals surface area contributed by atoms with Gasteiger partial charge >= 0.3 is 29.8 Å². The third-order valence-electron chi connectivity index (χ3n) is 9.08. The Morgan fingerprint density at radius 3 is 1.17 bits per heavy atom. The number of carbonyl (C=O) groups is 6. The first kappa shape index (κ1) is 76.4. The standard InChI is InChI=1S/C12H13IO2.C10H7I3O2.C10H10INO.3C10H9IO2/c1-7(2)12(14)15-11-8(3)5-10(13)6-9(11)4;1-5(2)10(14)15-9-7(12)3-6(11)4-8(9)13;1-7(2)10(13)12-9-5-3-8(11)4-6-9;1-7(2)10(12)13-9-5-3-8(11)4-6-9;1-7(2)10(12)13-9-5-3-4-8(11)6-9;1-7(2)10(12)13-9-6-4-3-5-8(9)11/h5-6H,1H2,2-4H3;3-4H,1H2,2H3;3-6H,1H2,2H3,(H,12,13);3*3-6H,1H2,2H3. The minimum atomic E-state index is -0.388. The second kappa shape index (κ2) is 39.9. The summed E-state index contributed by atoms with van der Waals surface area (Å²) in [7, 11) is 0. The van der Waals surface area contributed by atoms with Gasteiger partial charge in [-0.2, -0.15) is 0 Å². The highest BCUT2D eigenvalue weighted by molar-refractivity contribution is 14.1. The van der Waals surface area contributed by atoms with Crippen LogP contribution in [0.25, 0.3) is 0 Å². The molecule has 0 saturated carbocycles. The molecule has 0 fully saturated rings. The summed E-state index contributed by atoms with van der Waals surface area (Å²) in [5.41, 5.74) is 5.26. The number of amides is 1. The number of benzene rings is 6. The molecule has 0 unspecified atom stereocenters. The normalized spacial score (nSPS) is 9.56. The van der Waals surface area contributed by atoms with E-state index in [9.17, 15) is 28.8 Å². The van der Waals surface area contributed by atoms with Gasteiger partial charge in [0, 0.05) is 57.0 Å². The van der Waals surface area contributed by atoms with E-state index in [1.54, 1.807) is 71.9 Å². The first-order valence-corrected chi connectivity index (χ1v) is 32.1. The SMILES string of the molecule is C=C(C)C(=O)Nc1ccc(I)cc1.C=C(C)C(=O)Oc1c(C)cc(I)cc1C.C=C(C)C(=O)Oc1c(I)cc(I)cc1I.C=C(C)C(=O)Oc1ccc(I)cc1.C=C(C)C(=O)Oc1cccc(I)c1.C=C(C)C(=O)Oc1ccccc1I. The summed E-state index contributed by atoms with van der Waals surface area (Å²) in [5, 5.41) is 2.73. The molecular formula is C62H57I8NO11. The van der Waals surface area contributed by atoms with Crippen molar-refractivity contribution in [1.82, 2.24) is 0 Å². The average molecular weight is 2010 g/mol. The van der Waals surface area contributed by atoms with Gasteiger partial charge in [0.15, 0.2) is 5.75 Å². The van der Waals surface area contributed by atoms with Crippen LogP contribution < -0.4 is 29.0 Å². The number of carbonyl (C=O) groups excluding carboxylic acids is 6. The Labute approximate surface area is 589 Å². The Bertz CT molecular complexity index is 3140. The summed E-state index contributed by atoms with van der Waals surface area (Å²) < 4.78 is 33.9. The van der Waals surface area contributed by atoms with E-state index in [0.717, 1.165) is 45.4 Å². The van der Waals surface area contributed by atoms with E-state index in [4.69, 9.17) is 23.7 Å². The van der Waals surface area contributed by atoms with Crippen molar-refractivity contribution in [2.75, 3.05) is 5.32 Å². The van der Waals surface area contributed by atoms with Crippen LogP contribution >= 0.6 is 181 Å². The highest BCUT2D eigenvalue weighted by atomic mass is 127. The second-order valence-corrected chi connectivity index (χ2v) is 26.7. The molecule has 6 aromatic rings. The van der Waals surface area contributed by atoms with E-state index in [1.807, 2.05) is 105 Å². The molecule has 1 N–H and O–H groups in total. The van der Waals surface area contributed by atoms with Crippen molar-refractivity contribution in [3.63, 3.8) is 0 Å². The molecule has 1 amide bonds. The molecule has 20 heteroatoms. The van der Waals surface area contributed by atoms with Crippen LogP contribution in [0.3, 0.4) is 0 Å². The van der Waals surface area contributed by atoms with Crippen molar-refractivity contribution in [1.29, 1.82) is 0 Å². The fourth-order valence-electron chi connectivity index (χ4n) is 4.95. The Morgan fingerprint density at radius 1 is 0.354 bits per heavy atom. The molecular weight excluding hydrogens is 1950 g/mol. The molecule has 6 aromatic carbocycles. The summed E-state index contributed by atoms with van der Waals surface area (Å²) in [4.78, 5) is 67.2. The highest BCUT2D eigenvalue weighted by Crippen LogP contribution is 2.30. The van der Waals surface area contributed by atoms with Crippen LogP contribution in [-0.2, 0) is 28.8 Å². The first-order valence-electron chi connectivity index (χ1n) is 23.5. The van der Waals surface area contributed by atoms with Crippen molar-refractivity contribution >= 4 is 222 Å². The average Bonchev–Trinajstić information content (AvgIpc) is 3.40. The molecule has 0 heterocycles. The molecule has 82 heavy (non-hydrogen) atoms. The Hall–Kier alpha value is -3.58. The van der Waals surface area contributed by atoms with Crippen LogP contribution in [-0.4, -0.2) is 35.8 Å². The van der Waals surface area contributed by atoms with E-state index in [-0.39, 0.29) is 35.8 Å². The molecule has 0 spiro atoms. The van der Waals surface area contributed by atoms with Crippen LogP contribution in [0, 0.1) is 42.4 Å². The highest BCUT2D eigenvalue weighted by Gasteiger charge is 2.14. The molecule has 0 radical (unpaired) electrons. The zero-order valence-corrected chi connectivity index (χ0v) is 63.1. The molecule has 0 aliphatic heterocycles. The van der Waals surface area contributed by atoms with Crippen molar-refractivity contribution in [3.8, 4) is 28.7 Å². The number of halogens is 8. The lowest BCUT2D eigenvalue weighted by molar-refractivity contribution is -0.131. The lowest BCUT2D eigenvalue weighted by atomic mass is 10.1. The quantitative estimate of drug-likeness (QED) is 0.0537. The van der Waals surface area contributed by atoms with Gasteiger partial charge in [-0.15, -0.1) is 0 Å². The smallest absolute Gasteiger partial charge is 0.338 e. The van der Waals surface area contributed by atoms with E-state index < -0.39 is 0 Å². The maximum atomic E-state index is 11.4. The third-order valence-corrected chi connectivity index (χ3v) is 14.9. The maximum Gasteiger partial charge on any atom is 0.338 e. The first-order chi connectivity index (χ1) is 38.2. The number of nitrogens with one attached hydrogen (secondary N) is 1. The minimum absolute atomic E-state index is 0.138. The minimum Gasteiger partial charge on any atom is -0.423 e. The van der Waals surface area contributed by atoms with Gasteiger partial charge in [-0.25, -0.2) is 24.0 Å². The van der Waals surface area contributed by atoms with Crippen molar-refractivity contribution < 1.29 is 52.5 Å². The number of anilines is 1. The van der Waals surface area contributed by atoms with Gasteiger partial charge < -0.3 is 29.0 Å². The monoisotopic (exact) mass is 2010 g/mol. The number of hydrogen-bond acceptors (Lipinski definition) is 11. The lowest BCUT2D eigenvalue weighted by Gasteiger charge is -2.10. The fourth-order valence-corrected chi connectivity index (χ4v) is 11.4. The predicted molar refractivity (Wildman–Crippen MR) is 396 cm³/mol. The zero-order chi connectivity index (χ0) is 62.6. The molecule has 12 nitrogen and oxygen atoms in total. The number of aryl methyl sites for hydroxylation is 2. The lowest BCUT2D eigenvalue weighted by Crippen LogP contribution is -2.11. The van der Waals surface area contributed by atoms with Crippen molar-refractivity contribution in [3.05, 3.63) is 234 Å². The van der Waals surface area contributed by atoms with Crippen LogP contribution in [0.5, 0.6) is 28.7 Å². The second-order valence-electron chi connectivity index (χ2n) is 17.0. The number of ether oxygens (including phenoxy) is 5. The van der Waals surface area contributed by atoms with Crippen LogP contribution in [0.2, 0.25) is 0 Å². The molecule has 0 atom stereocenters. The summed E-state index contributed by atoms with van der Waals surface area (Å²) in [6.07, 6.45) is 0. The molecule has 0 saturated heterocycles. The Kier molecular flexibility index (Phi) is 37.2. The Balaban J connectivity index is 0.000000493. The largest absolute Gasteiger partial charge is 0.423 e. The number of hydrogen-bond donors (Lipinski definition) is 1. The summed E-state index contributed by atoms with van der Waals surface area (Å²) in [6, 6.07) is 37.4. The van der Waals surface area contributed by atoms with Gasteiger partial charge in [-0.3, -0.25) is 4.79 Å². The topological polar surface area (TPSA) is 161 Å². The van der Waals surface area contributed by atoms with Crippen molar-refractivity contribution in [2.45, 2.75) is 55.4 Å². The van der Waals surface area contributed by atoms with Gasteiger partial charge in [0.1, 0.15) is 23.0 Å². The zero-order valence-electron chi connectivity index (χ0n) is 45.8. The van der Waals surface area contributed by atoms with E-state index >= 15 is 0 Å². The molecule has 432 valence electrons. The van der Waals surface area contributed by atoms with Crippen molar-refractivity contribution in [2.24, 2.45) is 0 Å². The fraction of sp³-hybridized carbons (Fsp3) is 0.129. The molecule has 6 rings (SSSR count). The number of para-hydroxylation sites is 1. The van der Waals surface area contributed by atoms with Gasteiger partial charge in [-0.1, -0.05) is 57.7 Å². The maximum absolute atomic E-state index is 11.4. The van der Waals surface area contributed by atoms with E-state index in [2.05, 4.69) is 226 Å².